The van der Waals surface area contributed by atoms with Gasteiger partial charge in [0.1, 0.15) is 29.4 Å². The van der Waals surface area contributed by atoms with Crippen LogP contribution in [0.4, 0.5) is 5.95 Å². The number of carboxylic acid groups (broad SMARTS) is 2. The van der Waals surface area contributed by atoms with Crippen LogP contribution in [0, 0.1) is 17.3 Å². The molecule has 8 N–H and O–H groups in total. The van der Waals surface area contributed by atoms with Gasteiger partial charge in [-0.05, 0) is 30.6 Å². The maximum Gasteiger partial charge on any atom is 0.342 e. The zero-order valence-corrected chi connectivity index (χ0v) is 29.3. The summed E-state index contributed by atoms with van der Waals surface area (Å²) in [5.74, 6) is -3.77. The summed E-state index contributed by atoms with van der Waals surface area (Å²) in [6, 6.07) is -1.39. The van der Waals surface area contributed by atoms with Crippen molar-refractivity contribution in [3.05, 3.63) is 6.33 Å². The molecule has 1 aliphatic rings. The Morgan fingerprint density at radius 1 is 1.21 bits per heavy atom. The van der Waals surface area contributed by atoms with Crippen LogP contribution in [-0.4, -0.2) is 95.0 Å². The molecule has 0 aliphatic carbocycles. The first kappa shape index (κ1) is 38.5. The molecule has 3 rings (SSSR count). The highest BCUT2D eigenvalue weighted by atomic mass is 31.2. The van der Waals surface area contributed by atoms with Crippen molar-refractivity contribution in [3.8, 4) is 5.88 Å². The number of methoxy groups -OCH3 is 1. The van der Waals surface area contributed by atoms with E-state index in [9.17, 15) is 34.6 Å². The molecule has 17 nitrogen and oxygen atoms in total. The summed E-state index contributed by atoms with van der Waals surface area (Å²) in [5.41, 5.74) is 1.83. The molecule has 0 radical (unpaired) electrons. The van der Waals surface area contributed by atoms with Gasteiger partial charge >= 0.3 is 19.6 Å². The number of nitrogen functional groups attached to an aromatic ring is 1. The van der Waals surface area contributed by atoms with E-state index in [1.807, 2.05) is 20.8 Å². The standard InChI is InChI=1S/C29H50N7O10P/c1-10-15(3)18(23(38)39)34-47(43,35-29(25(40)41,16(4)11-2)13-27(5,6)7)45-12-17-20(37)28(8,42)24(46-17)36-14-31-19-21(36)32-26(30)33-22(19)44-9/h14-18,20,24,37,42H,10-13H2,1-9H3,(H,38,39)(H,40,41)(H2,30,32,33)(H2,34,35,43)/t15-,16-,17-,18+,20-,24-,28-,29+,47?/m1/s1. The Labute approximate surface area is 274 Å². The first-order valence-electron chi connectivity index (χ1n) is 15.5. The van der Waals surface area contributed by atoms with E-state index in [0.29, 0.717) is 12.8 Å². The second-order valence-corrected chi connectivity index (χ2v) is 15.6. The Hall–Kier alpha value is -2.92. The second-order valence-electron chi connectivity index (χ2n) is 13.7. The smallest absolute Gasteiger partial charge is 0.342 e. The highest BCUT2D eigenvalue weighted by Crippen LogP contribution is 2.49. The Morgan fingerprint density at radius 3 is 2.36 bits per heavy atom. The number of nitrogens with zero attached hydrogens (tertiary/aromatic N) is 4. The number of fused-ring (bicyclic) bond motifs is 1. The molecule has 2 aromatic heterocycles. The fourth-order valence-corrected chi connectivity index (χ4v) is 8.04. The van der Waals surface area contributed by atoms with Crippen LogP contribution >= 0.6 is 7.67 Å². The molecule has 0 saturated carbocycles. The average Bonchev–Trinajstić information content (AvgIpc) is 3.49. The van der Waals surface area contributed by atoms with E-state index in [0.717, 1.165) is 0 Å². The van der Waals surface area contributed by atoms with Crippen molar-refractivity contribution >= 4 is 36.7 Å². The number of nitrogens with one attached hydrogen (secondary N) is 2. The number of rotatable bonds is 16. The Bertz CT molecular complexity index is 1480. The van der Waals surface area contributed by atoms with Crippen LogP contribution in [-0.2, 0) is 23.4 Å². The van der Waals surface area contributed by atoms with Crippen LogP contribution in [0.5, 0.6) is 5.88 Å². The molecule has 1 aliphatic heterocycles. The summed E-state index contributed by atoms with van der Waals surface area (Å²) >= 11 is 0. The van der Waals surface area contributed by atoms with Gasteiger partial charge in [0, 0.05) is 0 Å². The molecule has 1 unspecified atom stereocenters. The summed E-state index contributed by atoms with van der Waals surface area (Å²) < 4.78 is 33.3. The lowest BCUT2D eigenvalue weighted by molar-refractivity contribution is -0.148. The van der Waals surface area contributed by atoms with E-state index in [1.165, 1.54) is 24.9 Å². The third-order valence-electron chi connectivity index (χ3n) is 8.81. The largest absolute Gasteiger partial charge is 0.480 e. The number of imidazole rings is 1. The molecule has 1 saturated heterocycles. The molecule has 0 amide bonds. The van der Waals surface area contributed by atoms with Crippen molar-refractivity contribution < 1.29 is 48.6 Å². The lowest BCUT2D eigenvalue weighted by Crippen LogP contribution is -2.59. The maximum atomic E-state index is 14.8. The van der Waals surface area contributed by atoms with Gasteiger partial charge in [-0.3, -0.25) is 18.7 Å². The first-order valence-corrected chi connectivity index (χ1v) is 17.2. The number of aliphatic carboxylic acids is 2. The number of carbonyl (C=O) groups is 2. The average molecular weight is 688 g/mol. The van der Waals surface area contributed by atoms with E-state index >= 15 is 0 Å². The van der Waals surface area contributed by atoms with Crippen LogP contribution < -0.4 is 20.6 Å². The molecular formula is C29H50N7O10P. The fourth-order valence-electron chi connectivity index (χ4n) is 5.83. The van der Waals surface area contributed by atoms with Gasteiger partial charge < -0.3 is 40.2 Å². The normalized spacial score (nSPS) is 26.3. The van der Waals surface area contributed by atoms with E-state index in [4.69, 9.17) is 19.7 Å². The number of hydrogen-bond donors (Lipinski definition) is 7. The highest BCUT2D eigenvalue weighted by Gasteiger charge is 2.55. The molecule has 0 bridgehead atoms. The van der Waals surface area contributed by atoms with Gasteiger partial charge in [0.25, 0.3) is 0 Å². The summed E-state index contributed by atoms with van der Waals surface area (Å²) in [5, 5.41) is 48.6. The Kier molecular flexibility index (Phi) is 11.7. The zero-order valence-electron chi connectivity index (χ0n) is 28.4. The molecular weight excluding hydrogens is 637 g/mol. The van der Waals surface area contributed by atoms with Crippen molar-refractivity contribution in [2.24, 2.45) is 17.3 Å². The molecule has 2 aromatic rings. The van der Waals surface area contributed by atoms with Crippen molar-refractivity contribution in [2.45, 2.75) is 110 Å². The lowest BCUT2D eigenvalue weighted by atomic mass is 9.73. The van der Waals surface area contributed by atoms with Gasteiger partial charge in [0.2, 0.25) is 11.8 Å². The number of aliphatic hydroxyl groups excluding tert-OH is 1. The highest BCUT2D eigenvalue weighted by molar-refractivity contribution is 7.54. The fraction of sp³-hybridized carbons (Fsp3) is 0.759. The maximum absolute atomic E-state index is 14.8. The van der Waals surface area contributed by atoms with Crippen molar-refractivity contribution in [2.75, 3.05) is 19.5 Å². The molecule has 0 aromatic carbocycles. The minimum absolute atomic E-state index is 0.0158. The minimum atomic E-state index is -4.59. The molecule has 0 spiro atoms. The number of anilines is 1. The molecule has 3 heterocycles. The van der Waals surface area contributed by atoms with E-state index < -0.39 is 79.1 Å². The number of carboxylic acids is 2. The second kappa shape index (κ2) is 14.3. The summed E-state index contributed by atoms with van der Waals surface area (Å²) in [7, 11) is -3.22. The number of nitrogens with two attached hydrogens (primary N) is 1. The van der Waals surface area contributed by atoms with E-state index in [-0.39, 0.29) is 29.4 Å². The van der Waals surface area contributed by atoms with Gasteiger partial charge in [-0.25, -0.2) is 15.2 Å². The van der Waals surface area contributed by atoms with Crippen LogP contribution in [0.1, 0.15) is 80.9 Å². The molecule has 9 atom stereocenters. The van der Waals surface area contributed by atoms with Gasteiger partial charge in [0.05, 0.1) is 20.0 Å². The number of hydrogen-bond acceptors (Lipinski definition) is 12. The zero-order chi connectivity index (χ0) is 35.7. The van der Waals surface area contributed by atoms with Gasteiger partial charge in [-0.15, -0.1) is 0 Å². The van der Waals surface area contributed by atoms with Gasteiger partial charge in [-0.1, -0.05) is 61.3 Å². The molecule has 1 fully saturated rings. The summed E-state index contributed by atoms with van der Waals surface area (Å²) in [6.07, 6.45) is -2.17. The number of aromatic nitrogens is 4. The van der Waals surface area contributed by atoms with Gasteiger partial charge in [0.15, 0.2) is 17.4 Å². The van der Waals surface area contributed by atoms with Crippen molar-refractivity contribution in [1.82, 2.24) is 29.7 Å². The Morgan fingerprint density at radius 2 is 1.85 bits per heavy atom. The summed E-state index contributed by atoms with van der Waals surface area (Å²) in [4.78, 5) is 37.7. The third kappa shape index (κ3) is 8.04. The van der Waals surface area contributed by atoms with Crippen LogP contribution in [0.3, 0.4) is 0 Å². The topological polar surface area (TPSA) is 254 Å². The lowest BCUT2D eigenvalue weighted by Gasteiger charge is -2.42. The predicted octanol–water partition coefficient (Wildman–Crippen LogP) is 2.54. The van der Waals surface area contributed by atoms with E-state index in [2.05, 4.69) is 25.1 Å². The minimum Gasteiger partial charge on any atom is -0.480 e. The predicted molar refractivity (Wildman–Crippen MR) is 171 cm³/mol. The van der Waals surface area contributed by atoms with Crippen LogP contribution in [0.15, 0.2) is 6.33 Å². The molecule has 18 heteroatoms. The molecule has 266 valence electrons. The Balaban J connectivity index is 2.04. The van der Waals surface area contributed by atoms with E-state index in [1.54, 1.807) is 27.7 Å². The molecule has 47 heavy (non-hydrogen) atoms. The van der Waals surface area contributed by atoms with Crippen LogP contribution in [0.2, 0.25) is 0 Å². The monoisotopic (exact) mass is 687 g/mol. The number of aliphatic hydroxyl groups is 2. The van der Waals surface area contributed by atoms with Gasteiger partial charge in [-0.2, -0.15) is 9.97 Å². The van der Waals surface area contributed by atoms with Crippen molar-refractivity contribution in [3.63, 3.8) is 0 Å². The third-order valence-corrected chi connectivity index (χ3v) is 10.6. The number of ether oxygens (including phenoxy) is 2. The summed E-state index contributed by atoms with van der Waals surface area (Å²) in [6.45, 7) is 13.1. The SMILES string of the molecule is CC[C@@H](C)[C@H](NP(=O)(N[C@](CC(C)(C)C)(C(=O)O)[C@H](C)CC)OC[C@H]1O[C@@H](n2cnc3c(OC)nc(N)nc32)[C@](C)(O)[C@@H]1O)C(=O)O. The quantitative estimate of drug-likeness (QED) is 0.125. The van der Waals surface area contributed by atoms with Crippen molar-refractivity contribution in [1.29, 1.82) is 0 Å². The first-order chi connectivity index (χ1) is 21.7. The van der Waals surface area contributed by atoms with Crippen LogP contribution in [0.25, 0.3) is 11.2 Å².